The third-order valence-corrected chi connectivity index (χ3v) is 6.01. The summed E-state index contributed by atoms with van der Waals surface area (Å²) in [6, 6.07) is 4.05. The van der Waals surface area contributed by atoms with Crippen LogP contribution in [0.4, 0.5) is 17.5 Å². The van der Waals surface area contributed by atoms with Crippen molar-refractivity contribution in [3.8, 4) is 11.4 Å². The van der Waals surface area contributed by atoms with Gasteiger partial charge in [-0.15, -0.1) is 0 Å². The molecule has 5 rings (SSSR count). The van der Waals surface area contributed by atoms with Gasteiger partial charge in [0.15, 0.2) is 11.6 Å². The van der Waals surface area contributed by atoms with Gasteiger partial charge in [-0.3, -0.25) is 4.68 Å². The Morgan fingerprint density at radius 1 is 1.18 bits per heavy atom. The zero-order chi connectivity index (χ0) is 23.2. The number of hydrogen-bond donors (Lipinski definition) is 2. The number of nitrogens with zero attached hydrogens (tertiary/aromatic N) is 7. The molecular weight excluding hydrogens is 446 g/mol. The summed E-state index contributed by atoms with van der Waals surface area (Å²) in [6.07, 6.45) is 7.23. The fraction of sp³-hybridized carbons (Fsp3) is 0.350. The minimum Gasteiger partial charge on any atom is -0.377 e. The first-order chi connectivity index (χ1) is 15.8. The van der Waals surface area contributed by atoms with Crippen molar-refractivity contribution >= 4 is 38.4 Å². The van der Waals surface area contributed by atoms with E-state index < -0.39 is 10.0 Å². The first-order valence-corrected chi connectivity index (χ1v) is 12.2. The third-order valence-electron chi connectivity index (χ3n) is 5.13. The van der Waals surface area contributed by atoms with Gasteiger partial charge in [-0.1, -0.05) is 0 Å². The highest BCUT2D eigenvalue weighted by Crippen LogP contribution is 2.29. The molecule has 1 aliphatic heterocycles. The molecule has 13 heteroatoms. The van der Waals surface area contributed by atoms with Gasteiger partial charge in [0.05, 0.1) is 54.4 Å². The van der Waals surface area contributed by atoms with Crippen LogP contribution < -0.4 is 10.6 Å². The van der Waals surface area contributed by atoms with Gasteiger partial charge in [-0.25, -0.2) is 23.4 Å². The summed E-state index contributed by atoms with van der Waals surface area (Å²) in [5, 5.41) is 16.1. The van der Waals surface area contributed by atoms with Crippen LogP contribution in [0.5, 0.6) is 0 Å². The van der Waals surface area contributed by atoms with Gasteiger partial charge < -0.3 is 15.4 Å². The van der Waals surface area contributed by atoms with E-state index >= 15 is 0 Å². The van der Waals surface area contributed by atoms with Crippen molar-refractivity contribution in [2.24, 2.45) is 0 Å². The molecule has 4 aromatic heterocycles. The highest BCUT2D eigenvalue weighted by molar-refractivity contribution is 7.89. The smallest absolute Gasteiger partial charge is 0.250 e. The SMILES string of the molecule is CC(C)n1nc(NC2COC2)c2cnc(Nc3ccnc(-c4cnn(S(C)(=O)=O)c4)n3)cc21. The van der Waals surface area contributed by atoms with E-state index in [4.69, 9.17) is 9.84 Å². The molecule has 4 aromatic rings. The van der Waals surface area contributed by atoms with E-state index in [1.165, 1.54) is 12.4 Å². The van der Waals surface area contributed by atoms with E-state index in [1.807, 2.05) is 10.7 Å². The zero-order valence-corrected chi connectivity index (χ0v) is 19.1. The highest BCUT2D eigenvalue weighted by Gasteiger charge is 2.22. The second kappa shape index (κ2) is 8.08. The fourth-order valence-electron chi connectivity index (χ4n) is 3.41. The molecular formula is C20H23N9O3S. The predicted octanol–water partition coefficient (Wildman–Crippen LogP) is 2.03. The first kappa shape index (κ1) is 21.3. The van der Waals surface area contributed by atoms with Crippen molar-refractivity contribution in [3.05, 3.63) is 36.9 Å². The number of hydrogen-bond acceptors (Lipinski definition) is 10. The number of ether oxygens (including phenoxy) is 1. The monoisotopic (exact) mass is 469 g/mol. The molecule has 0 bridgehead atoms. The van der Waals surface area contributed by atoms with E-state index in [0.29, 0.717) is 36.2 Å². The lowest BCUT2D eigenvalue weighted by Crippen LogP contribution is -2.40. The van der Waals surface area contributed by atoms with Crippen LogP contribution in [-0.4, -0.2) is 67.8 Å². The molecule has 0 aromatic carbocycles. The molecule has 0 amide bonds. The lowest BCUT2D eigenvalue weighted by atomic mass is 10.2. The van der Waals surface area contributed by atoms with Crippen molar-refractivity contribution in [2.45, 2.75) is 25.9 Å². The average molecular weight is 470 g/mol. The standard InChI is InChI=1S/C20H23N9O3S/c1-12(2)29-16-6-18(22-8-15(16)20(27-29)24-14-10-32-11-14)25-17-4-5-21-19(26-17)13-7-23-28(9-13)33(3,30)31/h4-9,12,14H,10-11H2,1-3H3,(H,24,27)(H,21,22,25,26). The van der Waals surface area contributed by atoms with E-state index in [1.54, 1.807) is 18.5 Å². The number of fused-ring (bicyclic) bond motifs is 1. The number of anilines is 3. The van der Waals surface area contributed by atoms with Gasteiger partial charge >= 0.3 is 0 Å². The fourth-order valence-corrected chi connectivity index (χ4v) is 3.94. The summed E-state index contributed by atoms with van der Waals surface area (Å²) in [5.41, 5.74) is 1.43. The molecule has 1 fully saturated rings. The van der Waals surface area contributed by atoms with Crippen molar-refractivity contribution in [2.75, 3.05) is 30.1 Å². The molecule has 5 heterocycles. The van der Waals surface area contributed by atoms with Gasteiger partial charge in [-0.2, -0.15) is 14.3 Å². The van der Waals surface area contributed by atoms with Crippen molar-refractivity contribution in [1.29, 1.82) is 0 Å². The van der Waals surface area contributed by atoms with E-state index in [0.717, 1.165) is 27.1 Å². The van der Waals surface area contributed by atoms with Crippen LogP contribution in [0.1, 0.15) is 19.9 Å². The number of nitrogens with one attached hydrogen (secondary N) is 2. The Bertz CT molecular complexity index is 1420. The largest absolute Gasteiger partial charge is 0.377 e. The van der Waals surface area contributed by atoms with E-state index in [9.17, 15) is 8.42 Å². The zero-order valence-electron chi connectivity index (χ0n) is 18.3. The maximum absolute atomic E-state index is 11.7. The van der Waals surface area contributed by atoms with Gasteiger partial charge in [0, 0.05) is 24.5 Å². The molecule has 0 radical (unpaired) electrons. The van der Waals surface area contributed by atoms with Crippen LogP contribution in [0.2, 0.25) is 0 Å². The Morgan fingerprint density at radius 2 is 2.00 bits per heavy atom. The summed E-state index contributed by atoms with van der Waals surface area (Å²) in [5.74, 6) is 2.24. The lowest BCUT2D eigenvalue weighted by Gasteiger charge is -2.26. The summed E-state index contributed by atoms with van der Waals surface area (Å²) in [7, 11) is -3.48. The number of aromatic nitrogens is 7. The minimum atomic E-state index is -3.48. The normalized spacial score (nSPS) is 14.5. The molecule has 2 N–H and O–H groups in total. The summed E-state index contributed by atoms with van der Waals surface area (Å²) >= 11 is 0. The van der Waals surface area contributed by atoms with Crippen molar-refractivity contribution in [1.82, 2.24) is 33.9 Å². The second-order valence-corrected chi connectivity index (χ2v) is 9.95. The number of rotatable bonds is 7. The molecule has 12 nitrogen and oxygen atoms in total. The van der Waals surface area contributed by atoms with Crippen LogP contribution in [0.15, 0.2) is 36.9 Å². The molecule has 33 heavy (non-hydrogen) atoms. The van der Waals surface area contributed by atoms with Crippen molar-refractivity contribution in [3.63, 3.8) is 0 Å². The maximum Gasteiger partial charge on any atom is 0.250 e. The molecule has 0 spiro atoms. The average Bonchev–Trinajstić information content (AvgIpc) is 3.36. The minimum absolute atomic E-state index is 0.160. The topological polar surface area (TPSA) is 142 Å². The molecule has 0 atom stereocenters. The first-order valence-electron chi connectivity index (χ1n) is 10.4. The van der Waals surface area contributed by atoms with Gasteiger partial charge in [0.25, 0.3) is 10.0 Å². The summed E-state index contributed by atoms with van der Waals surface area (Å²) in [4.78, 5) is 13.2. The van der Waals surface area contributed by atoms with Crippen LogP contribution >= 0.6 is 0 Å². The summed E-state index contributed by atoms with van der Waals surface area (Å²) < 4.78 is 31.4. The number of pyridine rings is 1. The molecule has 172 valence electrons. The van der Waals surface area contributed by atoms with Gasteiger partial charge in [-0.05, 0) is 19.9 Å². The molecule has 0 aliphatic carbocycles. The Morgan fingerprint density at radius 3 is 2.67 bits per heavy atom. The second-order valence-electron chi connectivity index (χ2n) is 8.11. The Hall–Kier alpha value is -3.58. The van der Waals surface area contributed by atoms with Crippen LogP contribution in [0.3, 0.4) is 0 Å². The predicted molar refractivity (Wildman–Crippen MR) is 123 cm³/mol. The summed E-state index contributed by atoms with van der Waals surface area (Å²) in [6.45, 7) is 5.48. The molecule has 0 saturated carbocycles. The van der Waals surface area contributed by atoms with Crippen molar-refractivity contribution < 1.29 is 13.2 Å². The quantitative estimate of drug-likeness (QED) is 0.413. The highest BCUT2D eigenvalue weighted by atomic mass is 32.2. The third kappa shape index (κ3) is 4.24. The van der Waals surface area contributed by atoms with Gasteiger partial charge in [0.1, 0.15) is 11.6 Å². The Labute approximate surface area is 190 Å². The van der Waals surface area contributed by atoms with E-state index in [-0.39, 0.29) is 12.1 Å². The molecule has 1 saturated heterocycles. The maximum atomic E-state index is 11.7. The van der Waals surface area contributed by atoms with E-state index in [2.05, 4.69) is 44.5 Å². The Balaban J connectivity index is 1.44. The molecule has 0 unspecified atom stereocenters. The lowest BCUT2D eigenvalue weighted by molar-refractivity contribution is 0.0210. The Kier molecular flexibility index (Phi) is 5.21. The van der Waals surface area contributed by atoms with Crippen LogP contribution in [0, 0.1) is 0 Å². The van der Waals surface area contributed by atoms with Gasteiger partial charge in [0.2, 0.25) is 0 Å². The molecule has 1 aliphatic rings. The van der Waals surface area contributed by atoms with Crippen LogP contribution in [-0.2, 0) is 14.8 Å². The van der Waals surface area contributed by atoms with Crippen LogP contribution in [0.25, 0.3) is 22.3 Å².